The van der Waals surface area contributed by atoms with E-state index in [1.54, 1.807) is 11.8 Å². The number of carbonyl (C=O) groups excluding carboxylic acids is 2. The third kappa shape index (κ3) is 5.28. The number of esters is 1. The molecule has 2 heterocycles. The lowest BCUT2D eigenvalue weighted by atomic mass is 9.99. The number of benzene rings is 2. The smallest absolute Gasteiger partial charge is 0.338 e. The average Bonchev–Trinajstić information content (AvgIpc) is 3.13. The van der Waals surface area contributed by atoms with E-state index in [-0.39, 0.29) is 16.4 Å². The molecule has 1 fully saturated rings. The zero-order chi connectivity index (χ0) is 23.4. The van der Waals surface area contributed by atoms with Crippen LogP contribution in [0.25, 0.3) is 0 Å². The minimum absolute atomic E-state index is 0.0745. The highest BCUT2D eigenvalue weighted by Crippen LogP contribution is 2.23. The predicted octanol–water partition coefficient (Wildman–Crippen LogP) is 3.38. The summed E-state index contributed by atoms with van der Waals surface area (Å²) in [6, 6.07) is 13.9. The van der Waals surface area contributed by atoms with Crippen molar-refractivity contribution in [3.63, 3.8) is 0 Å². The Hall–Kier alpha value is -2.71. The van der Waals surface area contributed by atoms with Crippen LogP contribution < -0.4 is 0 Å². The Bertz CT molecular complexity index is 1120. The maximum atomic E-state index is 13.1. The second-order valence-electron chi connectivity index (χ2n) is 8.67. The van der Waals surface area contributed by atoms with Gasteiger partial charge in [-0.3, -0.25) is 4.79 Å². The van der Waals surface area contributed by atoms with Crippen molar-refractivity contribution in [2.75, 3.05) is 19.6 Å². The molecule has 176 valence electrons. The first-order valence-corrected chi connectivity index (χ1v) is 13.0. The van der Waals surface area contributed by atoms with Crippen molar-refractivity contribution in [1.82, 2.24) is 9.21 Å². The van der Waals surface area contributed by atoms with Crippen molar-refractivity contribution in [3.05, 3.63) is 65.2 Å². The highest BCUT2D eigenvalue weighted by Gasteiger charge is 2.29. The lowest BCUT2D eigenvalue weighted by Gasteiger charge is -2.30. The Morgan fingerprint density at radius 2 is 1.61 bits per heavy atom. The maximum absolute atomic E-state index is 13.1. The molecule has 7 nitrogen and oxygen atoms in total. The van der Waals surface area contributed by atoms with Gasteiger partial charge in [0.2, 0.25) is 10.0 Å². The van der Waals surface area contributed by atoms with Crippen LogP contribution >= 0.6 is 0 Å². The minimum atomic E-state index is -3.68. The van der Waals surface area contributed by atoms with E-state index in [4.69, 9.17) is 4.74 Å². The summed E-state index contributed by atoms with van der Waals surface area (Å²) in [7, 11) is -3.68. The van der Waals surface area contributed by atoms with Crippen LogP contribution in [0, 0.1) is 0 Å². The highest BCUT2D eigenvalue weighted by molar-refractivity contribution is 7.89. The molecule has 0 radical (unpaired) electrons. The Morgan fingerprint density at radius 3 is 2.33 bits per heavy atom. The van der Waals surface area contributed by atoms with Crippen molar-refractivity contribution in [3.8, 4) is 0 Å². The lowest BCUT2D eigenvalue weighted by molar-refractivity contribution is -0.140. The van der Waals surface area contributed by atoms with Gasteiger partial charge in [0.25, 0.3) is 5.91 Å². The summed E-state index contributed by atoms with van der Waals surface area (Å²) in [4.78, 5) is 27.4. The van der Waals surface area contributed by atoms with Crippen LogP contribution in [-0.2, 0) is 32.5 Å². The van der Waals surface area contributed by atoms with E-state index < -0.39 is 22.1 Å². The van der Waals surface area contributed by atoms with E-state index in [0.717, 1.165) is 37.7 Å². The summed E-state index contributed by atoms with van der Waals surface area (Å²) in [6.07, 6.45) is 3.51. The van der Waals surface area contributed by atoms with Crippen molar-refractivity contribution >= 4 is 21.9 Å². The van der Waals surface area contributed by atoms with Crippen LogP contribution in [0.2, 0.25) is 0 Å². The van der Waals surface area contributed by atoms with Gasteiger partial charge in [0.1, 0.15) is 0 Å². The van der Waals surface area contributed by atoms with Gasteiger partial charge in [-0.1, -0.05) is 43.2 Å². The zero-order valence-electron chi connectivity index (χ0n) is 18.9. The molecule has 2 aliphatic heterocycles. The topological polar surface area (TPSA) is 84.0 Å². The van der Waals surface area contributed by atoms with E-state index in [2.05, 4.69) is 6.07 Å². The van der Waals surface area contributed by atoms with Crippen molar-refractivity contribution < 1.29 is 22.7 Å². The molecule has 0 N–H and O–H groups in total. The van der Waals surface area contributed by atoms with E-state index in [1.165, 1.54) is 34.1 Å². The summed E-state index contributed by atoms with van der Waals surface area (Å²) in [5, 5.41) is 0. The van der Waals surface area contributed by atoms with Gasteiger partial charge in [-0.25, -0.2) is 13.2 Å². The highest BCUT2D eigenvalue weighted by atomic mass is 32.2. The number of hydrogen-bond donors (Lipinski definition) is 0. The van der Waals surface area contributed by atoms with E-state index >= 15 is 0 Å². The summed E-state index contributed by atoms with van der Waals surface area (Å²) in [5.74, 6) is -0.965. The van der Waals surface area contributed by atoms with Crippen LogP contribution in [0.15, 0.2) is 53.4 Å². The molecule has 2 aromatic rings. The molecule has 8 heteroatoms. The molecule has 1 amide bonds. The maximum Gasteiger partial charge on any atom is 0.338 e. The lowest BCUT2D eigenvalue weighted by Crippen LogP contribution is -2.42. The number of carbonyl (C=O) groups is 2. The predicted molar refractivity (Wildman–Crippen MR) is 124 cm³/mol. The number of rotatable bonds is 5. The molecule has 1 unspecified atom stereocenters. The first-order valence-electron chi connectivity index (χ1n) is 11.5. The van der Waals surface area contributed by atoms with Gasteiger partial charge < -0.3 is 9.64 Å². The first-order chi connectivity index (χ1) is 15.9. The fourth-order valence-corrected chi connectivity index (χ4v) is 6.00. The Kier molecular flexibility index (Phi) is 7.14. The molecule has 1 saturated heterocycles. The number of fused-ring (bicyclic) bond motifs is 1. The fourth-order valence-electron chi connectivity index (χ4n) is 4.43. The van der Waals surface area contributed by atoms with Crippen LogP contribution in [0.5, 0.6) is 0 Å². The second-order valence-corrected chi connectivity index (χ2v) is 10.6. The largest absolute Gasteiger partial charge is 0.449 e. The van der Waals surface area contributed by atoms with Crippen LogP contribution in [-0.4, -0.2) is 55.2 Å². The fraction of sp³-hybridized carbons (Fsp3) is 0.440. The van der Waals surface area contributed by atoms with Crippen molar-refractivity contribution in [1.29, 1.82) is 0 Å². The van der Waals surface area contributed by atoms with Gasteiger partial charge >= 0.3 is 5.97 Å². The van der Waals surface area contributed by atoms with E-state index in [9.17, 15) is 18.0 Å². The molecule has 0 saturated carbocycles. The SMILES string of the molecule is CC(OC(=O)c1cccc(S(=O)(=O)N2CCCCCC2)c1)C(=O)N1CCc2ccccc2C1. The zero-order valence-corrected chi connectivity index (χ0v) is 19.7. The normalized spacial score (nSPS) is 18.2. The molecule has 1 atom stereocenters. The third-order valence-electron chi connectivity index (χ3n) is 6.35. The standard InChI is InChI=1S/C25H30N2O5S/c1-19(24(28)26-16-13-20-9-4-5-10-22(20)18-26)32-25(29)21-11-8-12-23(17-21)33(30,31)27-14-6-2-3-7-15-27/h4-5,8-12,17,19H,2-3,6-7,13-16,18H2,1H3. The van der Waals surface area contributed by atoms with Gasteiger partial charge in [0, 0.05) is 26.2 Å². The summed E-state index contributed by atoms with van der Waals surface area (Å²) < 4.78 is 33.1. The van der Waals surface area contributed by atoms with Crippen LogP contribution in [0.1, 0.15) is 54.1 Å². The van der Waals surface area contributed by atoms with Gasteiger partial charge in [-0.15, -0.1) is 0 Å². The Labute approximate surface area is 195 Å². The second kappa shape index (κ2) is 10.1. The number of ether oxygens (including phenoxy) is 1. The van der Waals surface area contributed by atoms with Crippen molar-refractivity contribution in [2.24, 2.45) is 0 Å². The van der Waals surface area contributed by atoms with Gasteiger partial charge in [-0.2, -0.15) is 4.31 Å². The molecule has 2 aliphatic rings. The molecule has 0 aromatic heterocycles. The Balaban J connectivity index is 1.43. The number of sulfonamides is 1. The molecule has 2 aromatic carbocycles. The minimum Gasteiger partial charge on any atom is -0.449 e. The molecule has 0 spiro atoms. The first kappa shape index (κ1) is 23.4. The Morgan fingerprint density at radius 1 is 0.909 bits per heavy atom. The molecule has 0 aliphatic carbocycles. The van der Waals surface area contributed by atoms with Gasteiger partial charge in [-0.05, 0) is 55.5 Å². The van der Waals surface area contributed by atoms with E-state index in [0.29, 0.717) is 26.2 Å². The number of amides is 1. The summed E-state index contributed by atoms with van der Waals surface area (Å²) in [5.41, 5.74) is 2.45. The molecular weight excluding hydrogens is 440 g/mol. The summed E-state index contributed by atoms with van der Waals surface area (Å²) in [6.45, 7) is 3.59. The van der Waals surface area contributed by atoms with Crippen molar-refractivity contribution in [2.45, 2.75) is 56.6 Å². The van der Waals surface area contributed by atoms with Gasteiger partial charge in [0.15, 0.2) is 6.10 Å². The van der Waals surface area contributed by atoms with Crippen LogP contribution in [0.4, 0.5) is 0 Å². The molecule has 0 bridgehead atoms. The van der Waals surface area contributed by atoms with Gasteiger partial charge in [0.05, 0.1) is 10.5 Å². The van der Waals surface area contributed by atoms with E-state index in [1.807, 2.05) is 18.2 Å². The average molecular weight is 471 g/mol. The number of hydrogen-bond acceptors (Lipinski definition) is 5. The molecular formula is C25H30N2O5S. The monoisotopic (exact) mass is 470 g/mol. The molecule has 33 heavy (non-hydrogen) atoms. The molecule has 4 rings (SSSR count). The quantitative estimate of drug-likeness (QED) is 0.626. The third-order valence-corrected chi connectivity index (χ3v) is 8.24. The summed E-state index contributed by atoms with van der Waals surface area (Å²) >= 11 is 0. The number of nitrogens with zero attached hydrogens (tertiary/aromatic N) is 2. The van der Waals surface area contributed by atoms with Crippen LogP contribution in [0.3, 0.4) is 0 Å².